The fraction of sp³-hybridized carbons (Fsp3) is 0.800. The van der Waals surface area contributed by atoms with Crippen LogP contribution in [0.2, 0.25) is 0 Å². The molecular formula is C5H17NO. The first-order valence-corrected chi connectivity index (χ1v) is 0.907. The monoisotopic (exact) mass is 107 g/mol. The Morgan fingerprint density at radius 2 is 1.43 bits per heavy atom. The molecule has 0 rings (SSSR count). The average molecular weight is 107 g/mol. The van der Waals surface area contributed by atoms with Gasteiger partial charge < -0.3 is 4.84 Å². The molecule has 48 valence electrons. The second-order valence-electron chi connectivity index (χ2n) is 0.312. The summed E-state index contributed by atoms with van der Waals surface area (Å²) >= 11 is 0. The van der Waals surface area contributed by atoms with Crippen LogP contribution in [0.5, 0.6) is 0 Å². The summed E-state index contributed by atoms with van der Waals surface area (Å²) in [5.41, 5.74) is 0. The summed E-state index contributed by atoms with van der Waals surface area (Å²) in [6, 6.07) is 0. The normalized spacial score (nSPS) is 3.00. The molecule has 0 aromatic heterocycles. The molecule has 0 saturated carbocycles. The third kappa shape index (κ3) is 298. The van der Waals surface area contributed by atoms with Gasteiger partial charge >= 0.3 is 0 Å². The highest BCUT2D eigenvalue weighted by atomic mass is 16.6. The zero-order valence-corrected chi connectivity index (χ0v) is 2.56. The van der Waals surface area contributed by atoms with Crippen molar-refractivity contribution in [3.8, 4) is 0 Å². The molecule has 0 N–H and O–H groups in total. The van der Waals surface area contributed by atoms with Crippen LogP contribution in [0.25, 0.3) is 0 Å². The fourth-order valence-corrected chi connectivity index (χ4v) is 0. The standard InChI is InChI=1S/C2H5NO.3CH4/c1-3-4-2;;;/h1H2,2H3;3*1H4. The van der Waals surface area contributed by atoms with E-state index >= 15 is 0 Å². The van der Waals surface area contributed by atoms with Crippen molar-refractivity contribution in [2.24, 2.45) is 5.16 Å². The van der Waals surface area contributed by atoms with Gasteiger partial charge in [-0.05, 0) is 0 Å². The van der Waals surface area contributed by atoms with E-state index in [1.54, 1.807) is 0 Å². The van der Waals surface area contributed by atoms with Gasteiger partial charge in [-0.25, -0.2) is 0 Å². The lowest BCUT2D eigenvalue weighted by Gasteiger charge is -1.71. The predicted molar refractivity (Wildman–Crippen MR) is 36.8 cm³/mol. The van der Waals surface area contributed by atoms with Crippen molar-refractivity contribution in [1.82, 2.24) is 0 Å². The fourth-order valence-electron chi connectivity index (χ4n) is 0. The van der Waals surface area contributed by atoms with Gasteiger partial charge in [0.2, 0.25) is 0 Å². The van der Waals surface area contributed by atoms with Gasteiger partial charge in [0.15, 0.2) is 0 Å². The molecule has 0 radical (unpaired) electrons. The highest BCUT2D eigenvalue weighted by Gasteiger charge is 1.35. The van der Waals surface area contributed by atoms with Crippen LogP contribution < -0.4 is 0 Å². The van der Waals surface area contributed by atoms with Crippen LogP contribution in [0, 0.1) is 0 Å². The summed E-state index contributed by atoms with van der Waals surface area (Å²) in [7, 11) is 1.45. The van der Waals surface area contributed by atoms with Crippen molar-refractivity contribution in [3.05, 3.63) is 0 Å². The maximum atomic E-state index is 4.06. The van der Waals surface area contributed by atoms with Crippen LogP contribution in [0.3, 0.4) is 0 Å². The lowest BCUT2D eigenvalue weighted by Crippen LogP contribution is -1.55. The summed E-state index contributed by atoms with van der Waals surface area (Å²) in [5.74, 6) is 0. The average Bonchev–Trinajstić information content (AvgIpc) is 1.37. The van der Waals surface area contributed by atoms with Crippen molar-refractivity contribution < 1.29 is 4.84 Å². The van der Waals surface area contributed by atoms with Gasteiger partial charge in [-0.15, -0.1) is 5.16 Å². The molecule has 0 heterocycles. The molecule has 0 unspecified atom stereocenters. The highest BCUT2D eigenvalue weighted by molar-refractivity contribution is 5.21. The van der Waals surface area contributed by atoms with Gasteiger partial charge in [0.05, 0.1) is 0 Å². The molecular weight excluding hydrogens is 90.1 g/mol. The lowest BCUT2D eigenvalue weighted by atomic mass is 11.7. The number of rotatable bonds is 1. The van der Waals surface area contributed by atoms with E-state index in [0.717, 1.165) is 0 Å². The summed E-state index contributed by atoms with van der Waals surface area (Å²) in [5, 5.41) is 2.99. The van der Waals surface area contributed by atoms with Crippen LogP contribution >= 0.6 is 0 Å². The molecule has 0 aliphatic heterocycles. The number of hydrogen-bond acceptors (Lipinski definition) is 2. The Hall–Kier alpha value is -0.530. The zero-order valence-electron chi connectivity index (χ0n) is 2.56. The largest absolute Gasteiger partial charge is 0.400 e. The molecule has 0 spiro atoms. The van der Waals surface area contributed by atoms with Gasteiger partial charge in [0, 0.05) is 6.72 Å². The van der Waals surface area contributed by atoms with Crippen LogP contribution in [-0.2, 0) is 4.84 Å². The highest BCUT2D eigenvalue weighted by Crippen LogP contribution is 1.49. The molecule has 2 nitrogen and oxygen atoms in total. The van der Waals surface area contributed by atoms with Crippen molar-refractivity contribution in [2.75, 3.05) is 7.11 Å². The lowest BCUT2D eigenvalue weighted by molar-refractivity contribution is 0.217. The molecule has 7 heavy (non-hydrogen) atoms. The topological polar surface area (TPSA) is 21.6 Å². The first-order chi connectivity index (χ1) is 1.91. The molecule has 0 aromatic rings. The smallest absolute Gasteiger partial charge is 0.106 e. The summed E-state index contributed by atoms with van der Waals surface area (Å²) < 4.78 is 0. The van der Waals surface area contributed by atoms with Gasteiger partial charge in [-0.1, -0.05) is 22.3 Å². The van der Waals surface area contributed by atoms with Crippen molar-refractivity contribution in [1.29, 1.82) is 0 Å². The van der Waals surface area contributed by atoms with Crippen molar-refractivity contribution in [2.45, 2.75) is 22.3 Å². The minimum absolute atomic E-state index is 0. The minimum Gasteiger partial charge on any atom is -0.400 e. The van der Waals surface area contributed by atoms with Gasteiger partial charge in [-0.2, -0.15) is 0 Å². The van der Waals surface area contributed by atoms with Gasteiger partial charge in [-0.3, -0.25) is 0 Å². The summed E-state index contributed by atoms with van der Waals surface area (Å²) in [6.45, 7) is 3.01. The number of nitrogens with zero attached hydrogens (tertiary/aromatic N) is 1. The molecule has 0 atom stereocenters. The van der Waals surface area contributed by atoms with E-state index in [4.69, 9.17) is 0 Å². The van der Waals surface area contributed by atoms with E-state index in [-0.39, 0.29) is 22.3 Å². The Labute approximate surface area is 47.2 Å². The van der Waals surface area contributed by atoms with Crippen LogP contribution in [0.15, 0.2) is 5.16 Å². The molecule has 0 aliphatic carbocycles. The third-order valence-corrected chi connectivity index (χ3v) is 0.129. The molecule has 0 bridgehead atoms. The molecule has 0 aliphatic rings. The van der Waals surface area contributed by atoms with E-state index in [0.29, 0.717) is 0 Å². The Bertz CT molecular complexity index is 22.0. The molecule has 0 saturated heterocycles. The second-order valence-corrected chi connectivity index (χ2v) is 0.312. The van der Waals surface area contributed by atoms with Crippen molar-refractivity contribution in [3.63, 3.8) is 0 Å². The van der Waals surface area contributed by atoms with Gasteiger partial charge in [0.1, 0.15) is 7.11 Å². The Kier molecular flexibility index (Phi) is 229. The van der Waals surface area contributed by atoms with Crippen molar-refractivity contribution >= 4 is 6.72 Å². The molecule has 0 aromatic carbocycles. The quantitative estimate of drug-likeness (QED) is 0.371. The van der Waals surface area contributed by atoms with Crippen LogP contribution in [0.4, 0.5) is 0 Å². The minimum atomic E-state index is 0. The molecule has 0 amide bonds. The molecule has 0 fully saturated rings. The van der Waals surface area contributed by atoms with E-state index in [2.05, 4.69) is 16.7 Å². The first-order valence-electron chi connectivity index (χ1n) is 0.907. The number of oxime groups is 1. The van der Waals surface area contributed by atoms with Crippen LogP contribution in [0.1, 0.15) is 22.3 Å². The first kappa shape index (κ1) is 31.7. The second kappa shape index (κ2) is 50.6. The van der Waals surface area contributed by atoms with Gasteiger partial charge in [0.25, 0.3) is 0 Å². The van der Waals surface area contributed by atoms with E-state index in [1.165, 1.54) is 7.11 Å². The predicted octanol–water partition coefficient (Wildman–Crippen LogP) is 2.16. The van der Waals surface area contributed by atoms with E-state index in [9.17, 15) is 0 Å². The zero-order chi connectivity index (χ0) is 3.41. The Balaban J connectivity index is -0.0000000150. The Morgan fingerprint density at radius 1 is 1.29 bits per heavy atom. The summed E-state index contributed by atoms with van der Waals surface area (Å²) in [6.07, 6.45) is 0. The maximum Gasteiger partial charge on any atom is 0.106 e. The Morgan fingerprint density at radius 3 is 1.43 bits per heavy atom. The maximum absolute atomic E-state index is 4.06. The molecule has 2 heteroatoms. The van der Waals surface area contributed by atoms with Crippen LogP contribution in [-0.4, -0.2) is 13.8 Å². The SMILES string of the molecule is C.C.C.C=NOC. The van der Waals surface area contributed by atoms with E-state index < -0.39 is 0 Å². The number of hydrogen-bond donors (Lipinski definition) is 0. The summed E-state index contributed by atoms with van der Waals surface area (Å²) in [4.78, 5) is 4.06. The van der Waals surface area contributed by atoms with E-state index in [1.807, 2.05) is 0 Å². The third-order valence-electron chi connectivity index (χ3n) is 0.129.